The highest BCUT2D eigenvalue weighted by Crippen LogP contribution is 2.30. The molecule has 0 aliphatic carbocycles. The molecular formula is C30H53NO2. The predicted molar refractivity (Wildman–Crippen MR) is 147 cm³/mol. The molecule has 0 saturated carbocycles. The van der Waals surface area contributed by atoms with Gasteiger partial charge in [-0.2, -0.15) is 0 Å². The topological polar surface area (TPSA) is 43.7 Å². The van der Waals surface area contributed by atoms with Gasteiger partial charge in [0.2, 0.25) is 0 Å². The minimum absolute atomic E-state index is 0.198. The SMILES string of the molecule is CC.CCCCCCCCCCCC(C)(C)N(CC)CC.Oc1cccc2c(O)cccc12. The van der Waals surface area contributed by atoms with Crippen LogP contribution in [0.4, 0.5) is 0 Å². The Bertz CT molecular complexity index is 681. The maximum atomic E-state index is 9.38. The highest BCUT2D eigenvalue weighted by molar-refractivity contribution is 5.92. The van der Waals surface area contributed by atoms with E-state index in [1.165, 1.54) is 77.3 Å². The van der Waals surface area contributed by atoms with E-state index in [2.05, 4.69) is 39.5 Å². The lowest BCUT2D eigenvalue weighted by molar-refractivity contribution is 0.122. The fraction of sp³-hybridized carbons (Fsp3) is 0.667. The minimum Gasteiger partial charge on any atom is -0.507 e. The zero-order chi connectivity index (χ0) is 25.1. The maximum absolute atomic E-state index is 9.38. The van der Waals surface area contributed by atoms with Crippen LogP contribution in [0.2, 0.25) is 0 Å². The Morgan fingerprint density at radius 1 is 0.636 bits per heavy atom. The standard InChI is InChI=1S/C18H39N.C10H8O2.C2H6/c1-6-9-10-11-12-13-14-15-16-17-18(4,5)19(7-2)8-3;11-9-5-1-3-7-8(9)4-2-6-10(7)12;1-2/h6-17H2,1-5H3;1-6,11-12H;1-2H3. The van der Waals surface area contributed by atoms with Crippen molar-refractivity contribution in [2.75, 3.05) is 13.1 Å². The molecule has 3 nitrogen and oxygen atoms in total. The Balaban J connectivity index is 0.000000620. The smallest absolute Gasteiger partial charge is 0.123 e. The van der Waals surface area contributed by atoms with Gasteiger partial charge < -0.3 is 10.2 Å². The van der Waals surface area contributed by atoms with Crippen molar-refractivity contribution in [1.82, 2.24) is 4.90 Å². The number of nitrogens with zero attached hydrogens (tertiary/aromatic N) is 1. The second-order valence-electron chi connectivity index (χ2n) is 9.21. The molecule has 33 heavy (non-hydrogen) atoms. The number of phenols is 2. The van der Waals surface area contributed by atoms with Gasteiger partial charge in [0.15, 0.2) is 0 Å². The minimum atomic E-state index is 0.198. The lowest BCUT2D eigenvalue weighted by Gasteiger charge is -2.37. The first-order valence-electron chi connectivity index (χ1n) is 13.5. The quantitative estimate of drug-likeness (QED) is 0.293. The van der Waals surface area contributed by atoms with Crippen molar-refractivity contribution < 1.29 is 10.2 Å². The molecule has 0 unspecified atom stereocenters. The van der Waals surface area contributed by atoms with E-state index in [4.69, 9.17) is 0 Å². The van der Waals surface area contributed by atoms with Crippen molar-refractivity contribution in [3.8, 4) is 11.5 Å². The number of phenolic OH excluding ortho intramolecular Hbond substituents is 2. The summed E-state index contributed by atoms with van der Waals surface area (Å²) in [4.78, 5) is 2.59. The van der Waals surface area contributed by atoms with Crippen LogP contribution in [0.25, 0.3) is 10.8 Å². The first-order valence-corrected chi connectivity index (χ1v) is 13.5. The normalized spacial score (nSPS) is 11.0. The monoisotopic (exact) mass is 459 g/mol. The number of hydrogen-bond acceptors (Lipinski definition) is 3. The first kappa shape index (κ1) is 31.3. The van der Waals surface area contributed by atoms with E-state index in [0.717, 1.165) is 0 Å². The molecule has 0 aliphatic rings. The lowest BCUT2D eigenvalue weighted by Crippen LogP contribution is -2.43. The molecule has 2 aromatic rings. The molecule has 2 N–H and O–H groups in total. The third-order valence-electron chi connectivity index (χ3n) is 6.39. The molecule has 0 aromatic heterocycles. The molecule has 3 heteroatoms. The van der Waals surface area contributed by atoms with E-state index in [0.29, 0.717) is 16.3 Å². The summed E-state index contributed by atoms with van der Waals surface area (Å²) in [6, 6.07) is 10.1. The summed E-state index contributed by atoms with van der Waals surface area (Å²) in [6.07, 6.45) is 14.2. The van der Waals surface area contributed by atoms with Crippen molar-refractivity contribution in [1.29, 1.82) is 0 Å². The zero-order valence-corrected chi connectivity index (χ0v) is 22.8. The van der Waals surface area contributed by atoms with Gasteiger partial charge in [0.05, 0.1) is 0 Å². The Kier molecular flexibility index (Phi) is 17.7. The Labute approximate surface area is 205 Å². The van der Waals surface area contributed by atoms with E-state index < -0.39 is 0 Å². The fourth-order valence-corrected chi connectivity index (χ4v) is 4.38. The molecule has 2 rings (SSSR count). The van der Waals surface area contributed by atoms with Crippen molar-refractivity contribution in [3.05, 3.63) is 36.4 Å². The van der Waals surface area contributed by atoms with Crippen LogP contribution in [0, 0.1) is 0 Å². The van der Waals surface area contributed by atoms with Gasteiger partial charge in [-0.05, 0) is 45.5 Å². The summed E-state index contributed by atoms with van der Waals surface area (Å²) in [5.41, 5.74) is 0.393. The maximum Gasteiger partial charge on any atom is 0.123 e. The third-order valence-corrected chi connectivity index (χ3v) is 6.39. The molecule has 0 amide bonds. The van der Waals surface area contributed by atoms with Gasteiger partial charge >= 0.3 is 0 Å². The number of fused-ring (bicyclic) bond motifs is 1. The fourth-order valence-electron chi connectivity index (χ4n) is 4.38. The van der Waals surface area contributed by atoms with Gasteiger partial charge in [-0.15, -0.1) is 0 Å². The van der Waals surface area contributed by atoms with E-state index in [1.807, 2.05) is 13.8 Å². The van der Waals surface area contributed by atoms with Gasteiger partial charge in [0, 0.05) is 16.3 Å². The predicted octanol–water partition coefficient (Wildman–Crippen LogP) is 9.30. The summed E-state index contributed by atoms with van der Waals surface area (Å²) in [5, 5.41) is 20.1. The average molecular weight is 460 g/mol. The second kappa shape index (κ2) is 18.7. The number of aromatic hydroxyl groups is 2. The number of unbranched alkanes of at least 4 members (excludes halogenated alkanes) is 8. The zero-order valence-electron chi connectivity index (χ0n) is 22.8. The Morgan fingerprint density at radius 3 is 1.42 bits per heavy atom. The largest absolute Gasteiger partial charge is 0.507 e. The van der Waals surface area contributed by atoms with Gasteiger partial charge in [-0.25, -0.2) is 0 Å². The Morgan fingerprint density at radius 2 is 1.03 bits per heavy atom. The Hall–Kier alpha value is -1.74. The summed E-state index contributed by atoms with van der Waals surface area (Å²) in [7, 11) is 0. The molecule has 0 bridgehead atoms. The van der Waals surface area contributed by atoms with Crippen LogP contribution in [0.3, 0.4) is 0 Å². The molecule has 2 aromatic carbocycles. The molecule has 190 valence electrons. The van der Waals surface area contributed by atoms with E-state index in [1.54, 1.807) is 36.4 Å². The molecule has 0 atom stereocenters. The van der Waals surface area contributed by atoms with Crippen LogP contribution in [0.1, 0.15) is 113 Å². The molecule has 0 heterocycles. The van der Waals surface area contributed by atoms with Crippen LogP contribution in [0.15, 0.2) is 36.4 Å². The first-order chi connectivity index (χ1) is 15.9. The summed E-state index contributed by atoms with van der Waals surface area (Å²) < 4.78 is 0. The average Bonchev–Trinajstić information content (AvgIpc) is 2.81. The lowest BCUT2D eigenvalue weighted by atomic mass is 9.94. The van der Waals surface area contributed by atoms with Crippen LogP contribution < -0.4 is 0 Å². The molecular weight excluding hydrogens is 406 g/mol. The van der Waals surface area contributed by atoms with Gasteiger partial charge in [-0.1, -0.05) is 117 Å². The highest BCUT2D eigenvalue weighted by Gasteiger charge is 2.23. The second-order valence-corrected chi connectivity index (χ2v) is 9.21. The highest BCUT2D eigenvalue weighted by atomic mass is 16.3. The van der Waals surface area contributed by atoms with Crippen LogP contribution in [-0.4, -0.2) is 33.7 Å². The van der Waals surface area contributed by atoms with Crippen molar-refractivity contribution in [2.24, 2.45) is 0 Å². The van der Waals surface area contributed by atoms with Crippen molar-refractivity contribution in [3.63, 3.8) is 0 Å². The molecule has 0 fully saturated rings. The van der Waals surface area contributed by atoms with Crippen molar-refractivity contribution >= 4 is 10.8 Å². The number of benzene rings is 2. The van der Waals surface area contributed by atoms with Crippen LogP contribution in [-0.2, 0) is 0 Å². The van der Waals surface area contributed by atoms with Crippen LogP contribution >= 0.6 is 0 Å². The summed E-state index contributed by atoms with van der Waals surface area (Å²) >= 11 is 0. The molecule has 0 spiro atoms. The van der Waals surface area contributed by atoms with E-state index >= 15 is 0 Å². The summed E-state index contributed by atoms with van der Waals surface area (Å²) in [6.45, 7) is 18.0. The van der Waals surface area contributed by atoms with Crippen molar-refractivity contribution in [2.45, 2.75) is 118 Å². The van der Waals surface area contributed by atoms with Gasteiger partial charge in [0.1, 0.15) is 11.5 Å². The molecule has 0 aliphatic heterocycles. The van der Waals surface area contributed by atoms with E-state index in [-0.39, 0.29) is 11.5 Å². The third kappa shape index (κ3) is 12.3. The van der Waals surface area contributed by atoms with Gasteiger partial charge in [-0.3, -0.25) is 4.90 Å². The van der Waals surface area contributed by atoms with Crippen LogP contribution in [0.5, 0.6) is 11.5 Å². The number of hydrogen-bond donors (Lipinski definition) is 2. The molecule has 0 radical (unpaired) electrons. The van der Waals surface area contributed by atoms with Gasteiger partial charge in [0.25, 0.3) is 0 Å². The summed E-state index contributed by atoms with van der Waals surface area (Å²) in [5.74, 6) is 0.395. The van der Waals surface area contributed by atoms with E-state index in [9.17, 15) is 10.2 Å². The number of rotatable bonds is 13. The molecule has 0 saturated heterocycles.